The summed E-state index contributed by atoms with van der Waals surface area (Å²) in [5.74, 6) is -2.78. The summed E-state index contributed by atoms with van der Waals surface area (Å²) >= 11 is 5.34. The summed E-state index contributed by atoms with van der Waals surface area (Å²) in [4.78, 5) is 0. The van der Waals surface area contributed by atoms with Crippen molar-refractivity contribution in [3.8, 4) is 0 Å². The number of halogens is 5. The maximum atomic E-state index is 12.9. The van der Waals surface area contributed by atoms with Crippen LogP contribution < -0.4 is 0 Å². The lowest BCUT2D eigenvalue weighted by molar-refractivity contribution is 0.516. The van der Waals surface area contributed by atoms with Crippen molar-refractivity contribution in [2.75, 3.05) is 0 Å². The van der Waals surface area contributed by atoms with E-state index in [4.69, 9.17) is 0 Å². The van der Waals surface area contributed by atoms with Gasteiger partial charge in [0.15, 0.2) is 5.82 Å². The van der Waals surface area contributed by atoms with Gasteiger partial charge in [0.05, 0.1) is 8.95 Å². The molecule has 0 N–H and O–H groups in total. The molecule has 0 radical (unpaired) electrons. The summed E-state index contributed by atoms with van der Waals surface area (Å²) in [7, 11) is 0. The molecule has 0 bridgehead atoms. The minimum absolute atomic E-state index is 0.213. The zero-order valence-electron chi connectivity index (χ0n) is 5.89. The highest BCUT2D eigenvalue weighted by Crippen LogP contribution is 2.31. The predicted molar refractivity (Wildman–Crippen MR) is 46.5 cm³/mol. The van der Waals surface area contributed by atoms with E-state index in [-0.39, 0.29) is 14.5 Å². The number of rotatable bonds is 0. The van der Waals surface area contributed by atoms with Gasteiger partial charge >= 0.3 is 0 Å². The van der Waals surface area contributed by atoms with Gasteiger partial charge < -0.3 is 0 Å². The molecule has 1 aromatic rings. The molecule has 0 amide bonds. The fourth-order valence-electron chi connectivity index (χ4n) is 0.715. The Balaban J connectivity index is 3.60. The third kappa shape index (κ3) is 1.40. The van der Waals surface area contributed by atoms with E-state index in [0.29, 0.717) is 0 Å². The van der Waals surface area contributed by atoms with Crippen molar-refractivity contribution in [3.05, 3.63) is 32.0 Å². The summed E-state index contributed by atoms with van der Waals surface area (Å²) in [6.45, 7) is 1.24. The Bertz CT molecular complexity index is 231. The van der Waals surface area contributed by atoms with Crippen LogP contribution in [0.4, 0.5) is 13.2 Å². The van der Waals surface area contributed by atoms with Crippen molar-refractivity contribution < 1.29 is 13.2 Å². The first-order chi connectivity index (χ1) is 5.46. The summed E-state index contributed by atoms with van der Waals surface area (Å²) in [6, 6.07) is 0. The molecule has 0 aliphatic carbocycles. The average molecular weight is 304 g/mol. The van der Waals surface area contributed by atoms with Crippen LogP contribution in [0.15, 0.2) is 8.95 Å². The Kier molecular flexibility index (Phi) is 2.83. The first-order valence-corrected chi connectivity index (χ1v) is 4.53. The minimum atomic E-state index is -0.962. The van der Waals surface area contributed by atoms with Gasteiger partial charge in [0, 0.05) is 5.56 Å². The van der Waals surface area contributed by atoms with Gasteiger partial charge in [-0.1, -0.05) is 0 Å². The smallest absolute Gasteiger partial charge is 0.157 e. The molecule has 0 heterocycles. The molecule has 0 aromatic heterocycles. The molecule has 66 valence electrons. The highest BCUT2D eigenvalue weighted by molar-refractivity contribution is 9.11. The molecule has 0 spiro atoms. The first-order valence-electron chi connectivity index (χ1n) is 2.94. The molecule has 1 aromatic carbocycles. The van der Waals surface area contributed by atoms with E-state index in [0.717, 1.165) is 0 Å². The van der Waals surface area contributed by atoms with E-state index in [1.807, 2.05) is 0 Å². The van der Waals surface area contributed by atoms with Gasteiger partial charge in [-0.05, 0) is 38.8 Å². The number of benzene rings is 1. The van der Waals surface area contributed by atoms with Gasteiger partial charge in [0.2, 0.25) is 0 Å². The summed E-state index contributed by atoms with van der Waals surface area (Å²) in [5, 5.41) is 0. The molecule has 0 aliphatic rings. The summed E-state index contributed by atoms with van der Waals surface area (Å²) < 4.78 is 37.9. The average Bonchev–Trinajstić information content (AvgIpc) is 2.08. The highest BCUT2D eigenvalue weighted by Gasteiger charge is 2.18. The zero-order valence-corrected chi connectivity index (χ0v) is 9.06. The lowest BCUT2D eigenvalue weighted by Gasteiger charge is -2.04. The van der Waals surface area contributed by atoms with Gasteiger partial charge in [-0.25, -0.2) is 13.2 Å². The maximum Gasteiger partial charge on any atom is 0.157 e. The Morgan fingerprint density at radius 3 is 1.50 bits per heavy atom. The molecule has 0 atom stereocenters. The van der Waals surface area contributed by atoms with E-state index in [1.165, 1.54) is 6.92 Å². The lowest BCUT2D eigenvalue weighted by Crippen LogP contribution is -1.96. The van der Waals surface area contributed by atoms with Gasteiger partial charge in [-0.15, -0.1) is 0 Å². The van der Waals surface area contributed by atoms with Crippen molar-refractivity contribution in [2.45, 2.75) is 6.92 Å². The van der Waals surface area contributed by atoms with Crippen LogP contribution in [-0.2, 0) is 0 Å². The molecule has 0 saturated heterocycles. The predicted octanol–water partition coefficient (Wildman–Crippen LogP) is 3.94. The lowest BCUT2D eigenvalue weighted by atomic mass is 10.2. The summed E-state index contributed by atoms with van der Waals surface area (Å²) in [5.41, 5.74) is -0.213. The van der Waals surface area contributed by atoms with Crippen LogP contribution in [0.5, 0.6) is 0 Å². The molecule has 0 saturated carbocycles. The number of hydrogen-bond donors (Lipinski definition) is 0. The Morgan fingerprint density at radius 1 is 0.833 bits per heavy atom. The van der Waals surface area contributed by atoms with Gasteiger partial charge in [0.1, 0.15) is 11.6 Å². The van der Waals surface area contributed by atoms with Crippen molar-refractivity contribution in [1.82, 2.24) is 0 Å². The van der Waals surface area contributed by atoms with Crippen LogP contribution in [-0.4, -0.2) is 0 Å². The zero-order chi connectivity index (χ0) is 9.46. The monoisotopic (exact) mass is 302 g/mol. The van der Waals surface area contributed by atoms with Gasteiger partial charge in [0.25, 0.3) is 0 Å². The second-order valence-corrected chi connectivity index (χ2v) is 3.78. The number of hydrogen-bond acceptors (Lipinski definition) is 0. The SMILES string of the molecule is Cc1c(F)c(Br)c(F)c(Br)c1F. The standard InChI is InChI=1S/C7H3Br2F3/c1-2-5(10)3(8)7(12)4(9)6(2)11/h1H3. The molecule has 12 heavy (non-hydrogen) atoms. The largest absolute Gasteiger partial charge is 0.205 e. The van der Waals surface area contributed by atoms with Crippen molar-refractivity contribution >= 4 is 31.9 Å². The van der Waals surface area contributed by atoms with Crippen LogP contribution in [0.25, 0.3) is 0 Å². The first kappa shape index (κ1) is 10.1. The van der Waals surface area contributed by atoms with E-state index in [2.05, 4.69) is 31.9 Å². The van der Waals surface area contributed by atoms with Crippen molar-refractivity contribution in [3.63, 3.8) is 0 Å². The normalized spacial score (nSPS) is 10.5. The third-order valence-corrected chi connectivity index (χ3v) is 2.82. The molecule has 0 unspecified atom stereocenters. The van der Waals surface area contributed by atoms with Crippen LogP contribution in [0, 0.1) is 24.4 Å². The van der Waals surface area contributed by atoms with Crippen LogP contribution in [0.3, 0.4) is 0 Å². The van der Waals surface area contributed by atoms with Crippen LogP contribution in [0.2, 0.25) is 0 Å². The quantitative estimate of drug-likeness (QED) is 0.503. The molecule has 1 rings (SSSR count). The molecular formula is C7H3Br2F3. The third-order valence-electron chi connectivity index (χ3n) is 1.43. The van der Waals surface area contributed by atoms with E-state index in [1.54, 1.807) is 0 Å². The van der Waals surface area contributed by atoms with E-state index < -0.39 is 17.5 Å². The maximum absolute atomic E-state index is 12.9. The van der Waals surface area contributed by atoms with Gasteiger partial charge in [-0.2, -0.15) is 0 Å². The molecule has 0 fully saturated rings. The molecule has 0 nitrogen and oxygen atoms in total. The fourth-order valence-corrected chi connectivity index (χ4v) is 1.97. The van der Waals surface area contributed by atoms with Gasteiger partial charge in [-0.3, -0.25) is 0 Å². The molecule has 0 aliphatic heterocycles. The van der Waals surface area contributed by atoms with Crippen LogP contribution >= 0.6 is 31.9 Å². The minimum Gasteiger partial charge on any atom is -0.205 e. The van der Waals surface area contributed by atoms with Crippen LogP contribution in [0.1, 0.15) is 5.56 Å². The second kappa shape index (κ2) is 3.38. The van der Waals surface area contributed by atoms with E-state index in [9.17, 15) is 13.2 Å². The highest BCUT2D eigenvalue weighted by atomic mass is 79.9. The Morgan fingerprint density at radius 2 is 1.17 bits per heavy atom. The van der Waals surface area contributed by atoms with Crippen molar-refractivity contribution in [1.29, 1.82) is 0 Å². The van der Waals surface area contributed by atoms with E-state index >= 15 is 0 Å². The topological polar surface area (TPSA) is 0 Å². The fraction of sp³-hybridized carbons (Fsp3) is 0.143. The second-order valence-electron chi connectivity index (χ2n) is 2.19. The van der Waals surface area contributed by atoms with Crippen molar-refractivity contribution in [2.24, 2.45) is 0 Å². The Hall–Kier alpha value is -0.0300. The Labute approximate surface area is 84.0 Å². The molecule has 5 heteroatoms. The molecular weight excluding hydrogens is 301 g/mol. The summed E-state index contributed by atoms with van der Waals surface area (Å²) in [6.07, 6.45) is 0.